The van der Waals surface area contributed by atoms with Crippen LogP contribution in [0.15, 0.2) is 30.3 Å². The normalized spacial score (nSPS) is 15.6. The topological polar surface area (TPSA) is 49.8 Å². The summed E-state index contributed by atoms with van der Waals surface area (Å²) in [4.78, 5) is 16.9. The second kappa shape index (κ2) is 7.26. The van der Waals surface area contributed by atoms with Crippen LogP contribution < -0.4 is 0 Å². The molecule has 4 heteroatoms. The van der Waals surface area contributed by atoms with E-state index < -0.39 is 12.0 Å². The zero-order chi connectivity index (χ0) is 14.4. The summed E-state index contributed by atoms with van der Waals surface area (Å²) in [6.07, 6.45) is 0.0527. The van der Waals surface area contributed by atoms with Crippen LogP contribution in [0.2, 0.25) is 0 Å². The summed E-state index contributed by atoms with van der Waals surface area (Å²) in [6, 6.07) is 9.79. The van der Waals surface area contributed by atoms with Crippen molar-refractivity contribution in [1.29, 1.82) is 0 Å². The SMILES string of the molecule is CC[C@@H](c1ccccc1)[C@H](O)[C@@H](C)C(=O)N(C)OC. The lowest BCUT2D eigenvalue weighted by molar-refractivity contribution is -0.176. The zero-order valence-electron chi connectivity index (χ0n) is 12.0. The number of amides is 1. The van der Waals surface area contributed by atoms with Crippen LogP contribution in [-0.2, 0) is 9.63 Å². The fourth-order valence-electron chi connectivity index (χ4n) is 2.25. The minimum Gasteiger partial charge on any atom is -0.392 e. The molecular formula is C15H23NO3. The van der Waals surface area contributed by atoms with Gasteiger partial charge in [0.05, 0.1) is 19.1 Å². The molecule has 0 aliphatic carbocycles. The minimum absolute atomic E-state index is 0.0505. The van der Waals surface area contributed by atoms with Crippen molar-refractivity contribution in [2.45, 2.75) is 32.3 Å². The molecule has 1 amide bonds. The third-order valence-electron chi connectivity index (χ3n) is 3.57. The molecule has 1 rings (SSSR count). The molecule has 0 aromatic heterocycles. The van der Waals surface area contributed by atoms with E-state index in [1.165, 1.54) is 7.11 Å². The zero-order valence-corrected chi connectivity index (χ0v) is 12.0. The Labute approximate surface area is 114 Å². The molecule has 0 aliphatic heterocycles. The van der Waals surface area contributed by atoms with E-state index in [1.807, 2.05) is 37.3 Å². The van der Waals surface area contributed by atoms with E-state index in [-0.39, 0.29) is 11.8 Å². The lowest BCUT2D eigenvalue weighted by Gasteiger charge is -2.28. The predicted molar refractivity (Wildman–Crippen MR) is 74.4 cm³/mol. The Hall–Kier alpha value is -1.39. The van der Waals surface area contributed by atoms with Crippen molar-refractivity contribution in [1.82, 2.24) is 5.06 Å². The largest absolute Gasteiger partial charge is 0.392 e. The Bertz CT molecular complexity index is 394. The molecule has 1 aromatic carbocycles. The molecule has 0 bridgehead atoms. The van der Waals surface area contributed by atoms with E-state index in [0.29, 0.717) is 0 Å². The van der Waals surface area contributed by atoms with Crippen LogP contribution in [0.25, 0.3) is 0 Å². The summed E-state index contributed by atoms with van der Waals surface area (Å²) in [6.45, 7) is 3.74. The first kappa shape index (κ1) is 15.7. The number of hydrogen-bond acceptors (Lipinski definition) is 3. The average Bonchev–Trinajstić information content (AvgIpc) is 2.46. The van der Waals surface area contributed by atoms with Crippen LogP contribution in [0.1, 0.15) is 31.7 Å². The second-order valence-corrected chi connectivity index (χ2v) is 4.72. The van der Waals surface area contributed by atoms with Gasteiger partial charge in [0.2, 0.25) is 0 Å². The highest BCUT2D eigenvalue weighted by molar-refractivity contribution is 5.77. The summed E-state index contributed by atoms with van der Waals surface area (Å²) in [5.41, 5.74) is 1.05. The molecule has 1 N–H and O–H groups in total. The van der Waals surface area contributed by atoms with E-state index >= 15 is 0 Å². The van der Waals surface area contributed by atoms with Gasteiger partial charge in [0.1, 0.15) is 0 Å². The number of carbonyl (C=O) groups excluding carboxylic acids is 1. The highest BCUT2D eigenvalue weighted by Gasteiger charge is 2.31. The Morgan fingerprint density at radius 2 is 1.95 bits per heavy atom. The van der Waals surface area contributed by atoms with Crippen LogP contribution >= 0.6 is 0 Å². The summed E-state index contributed by atoms with van der Waals surface area (Å²) >= 11 is 0. The molecule has 0 aliphatic rings. The van der Waals surface area contributed by atoms with Gasteiger partial charge >= 0.3 is 0 Å². The number of benzene rings is 1. The average molecular weight is 265 g/mol. The molecule has 0 unspecified atom stereocenters. The fourth-order valence-corrected chi connectivity index (χ4v) is 2.25. The van der Waals surface area contributed by atoms with Gasteiger partial charge in [0, 0.05) is 13.0 Å². The van der Waals surface area contributed by atoms with Gasteiger partial charge in [-0.3, -0.25) is 9.63 Å². The highest BCUT2D eigenvalue weighted by atomic mass is 16.7. The van der Waals surface area contributed by atoms with Crippen molar-refractivity contribution in [2.75, 3.05) is 14.2 Å². The summed E-state index contributed by atoms with van der Waals surface area (Å²) in [5, 5.41) is 11.6. The maximum absolute atomic E-state index is 12.0. The van der Waals surface area contributed by atoms with Gasteiger partial charge in [0.25, 0.3) is 5.91 Å². The quantitative estimate of drug-likeness (QED) is 0.802. The molecule has 19 heavy (non-hydrogen) atoms. The summed E-state index contributed by atoms with van der Waals surface area (Å²) in [7, 11) is 2.99. The molecule has 0 saturated carbocycles. The number of hydroxylamine groups is 2. The molecule has 3 atom stereocenters. The molecule has 0 fully saturated rings. The Kier molecular flexibility index (Phi) is 5.99. The van der Waals surface area contributed by atoms with Crippen molar-refractivity contribution in [2.24, 2.45) is 5.92 Å². The van der Waals surface area contributed by atoms with E-state index in [1.54, 1.807) is 14.0 Å². The Morgan fingerprint density at radius 3 is 2.42 bits per heavy atom. The van der Waals surface area contributed by atoms with Gasteiger partial charge in [-0.15, -0.1) is 0 Å². The van der Waals surface area contributed by atoms with Crippen LogP contribution in [0.5, 0.6) is 0 Å². The Balaban J connectivity index is 2.84. The number of aliphatic hydroxyl groups excluding tert-OH is 1. The summed E-state index contributed by atoms with van der Waals surface area (Å²) < 4.78 is 0. The smallest absolute Gasteiger partial charge is 0.251 e. The van der Waals surface area contributed by atoms with E-state index in [2.05, 4.69) is 0 Å². The third kappa shape index (κ3) is 3.78. The van der Waals surface area contributed by atoms with Crippen molar-refractivity contribution < 1.29 is 14.7 Å². The minimum atomic E-state index is -0.725. The number of rotatable bonds is 6. The standard InChI is InChI=1S/C15H23NO3/c1-5-13(12-9-7-6-8-10-12)14(17)11(2)15(18)16(3)19-4/h6-11,13-14,17H,5H2,1-4H3/t11-,13+,14-/m1/s1. The Morgan fingerprint density at radius 1 is 1.37 bits per heavy atom. The van der Waals surface area contributed by atoms with Crippen LogP contribution in [-0.4, -0.2) is 36.3 Å². The molecule has 0 saturated heterocycles. The molecule has 0 spiro atoms. The van der Waals surface area contributed by atoms with Gasteiger partial charge in [0.15, 0.2) is 0 Å². The van der Waals surface area contributed by atoms with Gasteiger partial charge in [-0.1, -0.05) is 44.2 Å². The van der Waals surface area contributed by atoms with Gasteiger partial charge in [-0.05, 0) is 12.0 Å². The van der Waals surface area contributed by atoms with Crippen LogP contribution in [0.4, 0.5) is 0 Å². The van der Waals surface area contributed by atoms with Gasteiger partial charge in [-0.25, -0.2) is 5.06 Å². The van der Waals surface area contributed by atoms with Crippen molar-refractivity contribution in [3.8, 4) is 0 Å². The highest BCUT2D eigenvalue weighted by Crippen LogP contribution is 2.28. The monoisotopic (exact) mass is 265 g/mol. The lowest BCUT2D eigenvalue weighted by atomic mass is 9.84. The molecule has 4 nitrogen and oxygen atoms in total. The molecule has 0 heterocycles. The van der Waals surface area contributed by atoms with E-state index in [4.69, 9.17) is 4.84 Å². The van der Waals surface area contributed by atoms with Gasteiger partial charge < -0.3 is 5.11 Å². The third-order valence-corrected chi connectivity index (χ3v) is 3.57. The van der Waals surface area contributed by atoms with Crippen molar-refractivity contribution in [3.63, 3.8) is 0 Å². The van der Waals surface area contributed by atoms with E-state index in [0.717, 1.165) is 17.0 Å². The molecule has 106 valence electrons. The van der Waals surface area contributed by atoms with Crippen LogP contribution in [0, 0.1) is 5.92 Å². The number of aliphatic hydroxyl groups is 1. The maximum atomic E-state index is 12.0. The maximum Gasteiger partial charge on any atom is 0.251 e. The lowest BCUT2D eigenvalue weighted by Crippen LogP contribution is -2.39. The first-order valence-electron chi connectivity index (χ1n) is 6.57. The van der Waals surface area contributed by atoms with Gasteiger partial charge in [-0.2, -0.15) is 0 Å². The van der Waals surface area contributed by atoms with Crippen LogP contribution in [0.3, 0.4) is 0 Å². The van der Waals surface area contributed by atoms with E-state index in [9.17, 15) is 9.90 Å². The fraction of sp³-hybridized carbons (Fsp3) is 0.533. The van der Waals surface area contributed by atoms with Crippen molar-refractivity contribution >= 4 is 5.91 Å². The van der Waals surface area contributed by atoms with Crippen molar-refractivity contribution in [3.05, 3.63) is 35.9 Å². The molecular weight excluding hydrogens is 242 g/mol. The molecule has 1 aromatic rings. The number of carbonyl (C=O) groups is 1. The number of nitrogens with zero attached hydrogens (tertiary/aromatic N) is 1. The molecule has 0 radical (unpaired) electrons. The predicted octanol–water partition coefficient (Wildman–Crippen LogP) is 2.20. The summed E-state index contributed by atoms with van der Waals surface area (Å²) in [5.74, 6) is -0.773. The first-order valence-corrected chi connectivity index (χ1v) is 6.57. The second-order valence-electron chi connectivity index (χ2n) is 4.72. The first-order chi connectivity index (χ1) is 9.02. The number of hydrogen-bond donors (Lipinski definition) is 1.